The molecule has 0 bridgehead atoms. The van der Waals surface area contributed by atoms with Crippen LogP contribution in [0.5, 0.6) is 0 Å². The monoisotopic (exact) mass is 323 g/mol. The fourth-order valence-electron chi connectivity index (χ4n) is 2.01. The molecule has 1 amide bonds. The van der Waals surface area contributed by atoms with Crippen molar-refractivity contribution in [3.8, 4) is 0 Å². The third kappa shape index (κ3) is 6.77. The summed E-state index contributed by atoms with van der Waals surface area (Å²) in [7, 11) is 0. The molecule has 0 radical (unpaired) electrons. The summed E-state index contributed by atoms with van der Waals surface area (Å²) in [5.74, 6) is -1.16. The van der Waals surface area contributed by atoms with Gasteiger partial charge in [0.2, 0.25) is 5.91 Å². The van der Waals surface area contributed by atoms with Gasteiger partial charge in [0.1, 0.15) is 5.69 Å². The SMILES string of the molecule is CC(C)(CCC(=O)O)NC(=O)CCNc1ccccc1[N+](=O)[O-]. The number of nitro groups is 1. The zero-order valence-electron chi connectivity index (χ0n) is 13.2. The molecule has 126 valence electrons. The summed E-state index contributed by atoms with van der Waals surface area (Å²) in [6.07, 6.45) is 0.427. The minimum atomic E-state index is -0.912. The van der Waals surface area contributed by atoms with Crippen molar-refractivity contribution in [1.29, 1.82) is 0 Å². The number of para-hydroxylation sites is 2. The molecule has 0 saturated carbocycles. The van der Waals surface area contributed by atoms with E-state index in [1.54, 1.807) is 32.0 Å². The third-order valence-corrected chi connectivity index (χ3v) is 3.21. The zero-order valence-corrected chi connectivity index (χ0v) is 13.2. The Morgan fingerprint density at radius 1 is 1.26 bits per heavy atom. The first-order chi connectivity index (χ1) is 10.7. The van der Waals surface area contributed by atoms with Gasteiger partial charge in [-0.15, -0.1) is 0 Å². The Hall–Kier alpha value is -2.64. The van der Waals surface area contributed by atoms with Crippen molar-refractivity contribution < 1.29 is 19.6 Å². The van der Waals surface area contributed by atoms with Crippen LogP contribution in [-0.4, -0.2) is 34.0 Å². The number of anilines is 1. The van der Waals surface area contributed by atoms with Crippen molar-refractivity contribution in [3.63, 3.8) is 0 Å². The lowest BCUT2D eigenvalue weighted by Crippen LogP contribution is -2.44. The second-order valence-corrected chi connectivity index (χ2v) is 5.78. The number of carbonyl (C=O) groups is 2. The standard InChI is InChI=1S/C15H21N3O5/c1-15(2,9-7-14(20)21)17-13(19)8-10-16-11-5-3-4-6-12(11)18(22)23/h3-6,16H,7-10H2,1-2H3,(H,17,19)(H,20,21). The summed E-state index contributed by atoms with van der Waals surface area (Å²) in [5.41, 5.74) is -0.307. The summed E-state index contributed by atoms with van der Waals surface area (Å²) >= 11 is 0. The van der Waals surface area contributed by atoms with Gasteiger partial charge in [-0.1, -0.05) is 12.1 Å². The highest BCUT2D eigenvalue weighted by atomic mass is 16.6. The molecular weight excluding hydrogens is 302 g/mol. The molecule has 23 heavy (non-hydrogen) atoms. The maximum atomic E-state index is 11.9. The number of nitrogens with zero attached hydrogens (tertiary/aromatic N) is 1. The van der Waals surface area contributed by atoms with Crippen molar-refractivity contribution in [2.45, 2.75) is 38.6 Å². The molecule has 0 aliphatic carbocycles. The molecule has 1 aromatic carbocycles. The van der Waals surface area contributed by atoms with Gasteiger partial charge in [-0.25, -0.2) is 0 Å². The Morgan fingerprint density at radius 2 is 1.91 bits per heavy atom. The van der Waals surface area contributed by atoms with Gasteiger partial charge in [0, 0.05) is 31.0 Å². The fourth-order valence-corrected chi connectivity index (χ4v) is 2.01. The quantitative estimate of drug-likeness (QED) is 0.473. The topological polar surface area (TPSA) is 122 Å². The largest absolute Gasteiger partial charge is 0.481 e. The Labute approximate surface area is 134 Å². The van der Waals surface area contributed by atoms with E-state index in [9.17, 15) is 19.7 Å². The maximum Gasteiger partial charge on any atom is 0.303 e. The molecule has 3 N–H and O–H groups in total. The normalized spacial score (nSPS) is 10.9. The van der Waals surface area contributed by atoms with E-state index < -0.39 is 16.4 Å². The fraction of sp³-hybridized carbons (Fsp3) is 0.467. The summed E-state index contributed by atoms with van der Waals surface area (Å²) in [5, 5.41) is 25.2. The van der Waals surface area contributed by atoms with Crippen molar-refractivity contribution in [3.05, 3.63) is 34.4 Å². The van der Waals surface area contributed by atoms with Crippen LogP contribution in [0.2, 0.25) is 0 Å². The number of carboxylic acid groups (broad SMARTS) is 1. The van der Waals surface area contributed by atoms with E-state index in [0.29, 0.717) is 12.1 Å². The Bertz CT molecular complexity index is 586. The van der Waals surface area contributed by atoms with Crippen LogP contribution in [0.25, 0.3) is 0 Å². The van der Waals surface area contributed by atoms with E-state index in [2.05, 4.69) is 10.6 Å². The lowest BCUT2D eigenvalue weighted by molar-refractivity contribution is -0.384. The smallest absolute Gasteiger partial charge is 0.303 e. The van der Waals surface area contributed by atoms with Gasteiger partial charge in [0.25, 0.3) is 5.69 Å². The predicted octanol–water partition coefficient (Wildman–Crippen LogP) is 2.16. The number of hydrogen-bond acceptors (Lipinski definition) is 5. The van der Waals surface area contributed by atoms with Crippen LogP contribution in [0, 0.1) is 10.1 Å². The minimum Gasteiger partial charge on any atom is -0.481 e. The molecule has 8 nitrogen and oxygen atoms in total. The highest BCUT2D eigenvalue weighted by Gasteiger charge is 2.21. The number of amides is 1. The molecule has 8 heteroatoms. The minimum absolute atomic E-state index is 0.0261. The summed E-state index contributed by atoms with van der Waals surface area (Å²) in [6, 6.07) is 6.20. The first-order valence-corrected chi connectivity index (χ1v) is 7.21. The van der Waals surface area contributed by atoms with Gasteiger partial charge in [0.15, 0.2) is 0 Å². The lowest BCUT2D eigenvalue weighted by atomic mass is 9.98. The average molecular weight is 323 g/mol. The third-order valence-electron chi connectivity index (χ3n) is 3.21. The first-order valence-electron chi connectivity index (χ1n) is 7.21. The van der Waals surface area contributed by atoms with Gasteiger partial charge < -0.3 is 15.7 Å². The Morgan fingerprint density at radius 3 is 2.52 bits per heavy atom. The Kier molecular flexibility index (Phi) is 6.49. The van der Waals surface area contributed by atoms with Crippen molar-refractivity contribution in [2.75, 3.05) is 11.9 Å². The summed E-state index contributed by atoms with van der Waals surface area (Å²) in [6.45, 7) is 3.75. The van der Waals surface area contributed by atoms with Gasteiger partial charge in [-0.2, -0.15) is 0 Å². The number of benzene rings is 1. The first kappa shape index (κ1) is 18.4. The molecule has 0 aliphatic rings. The van der Waals surface area contributed by atoms with Crippen LogP contribution in [-0.2, 0) is 9.59 Å². The summed E-state index contributed by atoms with van der Waals surface area (Å²) < 4.78 is 0. The molecule has 0 spiro atoms. The van der Waals surface area contributed by atoms with Crippen molar-refractivity contribution in [2.24, 2.45) is 0 Å². The van der Waals surface area contributed by atoms with Gasteiger partial charge in [0.05, 0.1) is 4.92 Å². The number of rotatable bonds is 9. The lowest BCUT2D eigenvalue weighted by Gasteiger charge is -2.25. The number of nitrogens with one attached hydrogen (secondary N) is 2. The predicted molar refractivity (Wildman–Crippen MR) is 85.3 cm³/mol. The number of carbonyl (C=O) groups excluding carboxylic acids is 1. The van der Waals surface area contributed by atoms with Crippen LogP contribution in [0.15, 0.2) is 24.3 Å². The number of hydrogen-bond donors (Lipinski definition) is 3. The van der Waals surface area contributed by atoms with E-state index in [4.69, 9.17) is 5.11 Å². The zero-order chi connectivity index (χ0) is 17.5. The van der Waals surface area contributed by atoms with E-state index >= 15 is 0 Å². The molecule has 0 heterocycles. The highest BCUT2D eigenvalue weighted by molar-refractivity contribution is 5.77. The van der Waals surface area contributed by atoms with Crippen LogP contribution < -0.4 is 10.6 Å². The van der Waals surface area contributed by atoms with Crippen LogP contribution in [0.3, 0.4) is 0 Å². The second-order valence-electron chi connectivity index (χ2n) is 5.78. The van der Waals surface area contributed by atoms with Gasteiger partial charge in [-0.3, -0.25) is 19.7 Å². The molecule has 1 rings (SSSR count). The number of nitro benzene ring substituents is 1. The van der Waals surface area contributed by atoms with Crippen LogP contribution in [0.1, 0.15) is 33.1 Å². The molecule has 0 aromatic heterocycles. The molecule has 1 aromatic rings. The van der Waals surface area contributed by atoms with Crippen LogP contribution >= 0.6 is 0 Å². The van der Waals surface area contributed by atoms with E-state index in [1.165, 1.54) is 6.07 Å². The van der Waals surface area contributed by atoms with E-state index in [-0.39, 0.29) is 31.0 Å². The Balaban J connectivity index is 2.45. The summed E-state index contributed by atoms with van der Waals surface area (Å²) in [4.78, 5) is 32.8. The van der Waals surface area contributed by atoms with Crippen molar-refractivity contribution >= 4 is 23.3 Å². The second kappa shape index (κ2) is 8.11. The molecular formula is C15H21N3O5. The van der Waals surface area contributed by atoms with E-state index in [1.807, 2.05) is 0 Å². The highest BCUT2D eigenvalue weighted by Crippen LogP contribution is 2.22. The molecule has 0 unspecified atom stereocenters. The van der Waals surface area contributed by atoms with Crippen molar-refractivity contribution in [1.82, 2.24) is 5.32 Å². The molecule has 0 aliphatic heterocycles. The van der Waals surface area contributed by atoms with Gasteiger partial charge >= 0.3 is 5.97 Å². The molecule has 0 fully saturated rings. The van der Waals surface area contributed by atoms with Crippen LogP contribution in [0.4, 0.5) is 11.4 Å². The average Bonchev–Trinajstić information content (AvgIpc) is 2.45. The molecule has 0 saturated heterocycles. The van der Waals surface area contributed by atoms with E-state index in [0.717, 1.165) is 0 Å². The molecule has 0 atom stereocenters. The maximum absolute atomic E-state index is 11.9. The number of carboxylic acids is 1. The van der Waals surface area contributed by atoms with Gasteiger partial charge in [-0.05, 0) is 26.3 Å². The number of aliphatic carboxylic acids is 1.